The molecule has 0 radical (unpaired) electrons. The summed E-state index contributed by atoms with van der Waals surface area (Å²) >= 11 is 0. The second-order valence-corrected chi connectivity index (χ2v) is 21.5. The highest BCUT2D eigenvalue weighted by atomic mass is 16.5. The molecule has 2 spiro atoms. The molecule has 0 amide bonds. The minimum atomic E-state index is -0.592. The van der Waals surface area contributed by atoms with Crippen molar-refractivity contribution in [3.05, 3.63) is 258 Å². The second-order valence-electron chi connectivity index (χ2n) is 21.5. The Hall–Kier alpha value is -7.94. The molecule has 10 aromatic carbocycles. The standard InChI is InChI=1S/C69H51NO/c1-2-18-49(19-3-1)70(50-33-35-56-54-22-7-9-26-59(54)69(63(56)42-50)60-27-10-12-30-65(60)71-66-31-13-11-28-61(66)69)64-29-15-24-57(52-23-14-17-45-16-4-5-20-51(45)52)67(64)46-32-34-55-53-21-6-8-25-58(53)68(62(55)41-46)47-37-43-36-44(39-47)40-48(68)38-43/h1-35,41-44,47-48H,36-40H2. The highest BCUT2D eigenvalue weighted by Gasteiger charge is 2.61. The van der Waals surface area contributed by atoms with E-state index in [2.05, 4.69) is 229 Å². The molecule has 71 heavy (non-hydrogen) atoms. The normalized spacial score (nSPS) is 21.8. The van der Waals surface area contributed by atoms with Gasteiger partial charge in [-0.1, -0.05) is 176 Å². The molecule has 0 N–H and O–H groups in total. The average molecular weight is 910 g/mol. The van der Waals surface area contributed by atoms with Crippen molar-refractivity contribution >= 4 is 27.8 Å². The van der Waals surface area contributed by atoms with Gasteiger partial charge in [0.1, 0.15) is 11.5 Å². The third-order valence-corrected chi connectivity index (χ3v) is 18.3. The first-order valence-corrected chi connectivity index (χ1v) is 26.0. The maximum atomic E-state index is 6.78. The Morgan fingerprint density at radius 2 is 0.915 bits per heavy atom. The molecule has 1 aliphatic heterocycles. The van der Waals surface area contributed by atoms with E-state index in [-0.39, 0.29) is 5.41 Å². The van der Waals surface area contributed by atoms with Crippen LogP contribution in [-0.4, -0.2) is 0 Å². The molecular weight excluding hydrogens is 859 g/mol. The molecule has 0 saturated heterocycles. The van der Waals surface area contributed by atoms with Crippen molar-refractivity contribution in [3.8, 4) is 56.0 Å². The third kappa shape index (κ3) is 5.32. The van der Waals surface area contributed by atoms with E-state index in [4.69, 9.17) is 4.74 Å². The first kappa shape index (κ1) is 39.9. The molecule has 4 bridgehead atoms. The van der Waals surface area contributed by atoms with E-state index in [9.17, 15) is 0 Å². The second kappa shape index (κ2) is 14.8. The first-order chi connectivity index (χ1) is 35.2. The van der Waals surface area contributed by atoms with E-state index in [1.165, 1.54) is 110 Å². The summed E-state index contributed by atoms with van der Waals surface area (Å²) < 4.78 is 6.78. The topological polar surface area (TPSA) is 12.5 Å². The number of benzene rings is 10. The van der Waals surface area contributed by atoms with Crippen LogP contribution in [0.25, 0.3) is 55.3 Å². The van der Waals surface area contributed by atoms with Gasteiger partial charge in [-0.05, 0) is 176 Å². The average Bonchev–Trinajstić information content (AvgIpc) is 3.88. The minimum absolute atomic E-state index is 0.0443. The van der Waals surface area contributed by atoms with Crippen LogP contribution in [0.5, 0.6) is 11.5 Å². The number of ether oxygens (including phenoxy) is 1. The van der Waals surface area contributed by atoms with Crippen molar-refractivity contribution < 1.29 is 4.74 Å². The number of rotatable bonds is 5. The van der Waals surface area contributed by atoms with Crippen LogP contribution in [0.3, 0.4) is 0 Å². The molecule has 17 rings (SSSR count). The molecule has 4 fully saturated rings. The molecule has 7 aliphatic rings. The van der Waals surface area contributed by atoms with Crippen LogP contribution >= 0.6 is 0 Å². The molecule has 4 saturated carbocycles. The Balaban J connectivity index is 0.977. The van der Waals surface area contributed by atoms with E-state index >= 15 is 0 Å². The van der Waals surface area contributed by atoms with Gasteiger partial charge in [0.05, 0.1) is 11.1 Å². The van der Waals surface area contributed by atoms with Crippen LogP contribution < -0.4 is 9.64 Å². The Labute approximate surface area is 415 Å². The molecule has 2 nitrogen and oxygen atoms in total. The fourth-order valence-corrected chi connectivity index (χ4v) is 16.0. The zero-order chi connectivity index (χ0) is 46.4. The van der Waals surface area contributed by atoms with Gasteiger partial charge in [-0.3, -0.25) is 0 Å². The van der Waals surface area contributed by atoms with Crippen molar-refractivity contribution in [3.63, 3.8) is 0 Å². The zero-order valence-electron chi connectivity index (χ0n) is 39.6. The predicted octanol–water partition coefficient (Wildman–Crippen LogP) is 17.8. The Morgan fingerprint density at radius 1 is 0.366 bits per heavy atom. The van der Waals surface area contributed by atoms with Gasteiger partial charge in [0.2, 0.25) is 0 Å². The van der Waals surface area contributed by atoms with Crippen LogP contribution in [0.15, 0.2) is 224 Å². The maximum absolute atomic E-state index is 6.78. The summed E-state index contributed by atoms with van der Waals surface area (Å²) in [6, 6.07) is 84.8. The summed E-state index contributed by atoms with van der Waals surface area (Å²) in [4.78, 5) is 2.55. The highest BCUT2D eigenvalue weighted by Crippen LogP contribution is 2.70. The number of anilines is 3. The maximum Gasteiger partial charge on any atom is 0.132 e. The van der Waals surface area contributed by atoms with Gasteiger partial charge in [-0.15, -0.1) is 0 Å². The molecule has 1 heterocycles. The van der Waals surface area contributed by atoms with Gasteiger partial charge in [-0.2, -0.15) is 0 Å². The largest absolute Gasteiger partial charge is 0.457 e. The summed E-state index contributed by atoms with van der Waals surface area (Å²) in [7, 11) is 0. The molecule has 0 aromatic heterocycles. The Kier molecular flexibility index (Phi) is 8.31. The lowest BCUT2D eigenvalue weighted by atomic mass is 9.43. The molecular formula is C69H51NO. The quantitative estimate of drug-likeness (QED) is 0.171. The fraction of sp³-hybridized carbons (Fsp3) is 0.159. The van der Waals surface area contributed by atoms with E-state index < -0.39 is 5.41 Å². The Morgan fingerprint density at radius 3 is 1.68 bits per heavy atom. The molecule has 0 unspecified atom stereocenters. The van der Waals surface area contributed by atoms with Crippen LogP contribution in [0.1, 0.15) is 65.5 Å². The predicted molar refractivity (Wildman–Crippen MR) is 290 cm³/mol. The summed E-state index contributed by atoms with van der Waals surface area (Å²) in [5.41, 5.74) is 21.4. The molecule has 6 aliphatic carbocycles. The van der Waals surface area contributed by atoms with Crippen molar-refractivity contribution in [2.75, 3.05) is 4.90 Å². The van der Waals surface area contributed by atoms with Crippen molar-refractivity contribution in [1.29, 1.82) is 0 Å². The van der Waals surface area contributed by atoms with Crippen LogP contribution in [0.2, 0.25) is 0 Å². The molecule has 0 atom stereocenters. The van der Waals surface area contributed by atoms with Crippen LogP contribution in [0.4, 0.5) is 17.1 Å². The fourth-order valence-electron chi connectivity index (χ4n) is 16.0. The van der Waals surface area contributed by atoms with Gasteiger partial charge >= 0.3 is 0 Å². The number of hydrogen-bond acceptors (Lipinski definition) is 2. The first-order valence-electron chi connectivity index (χ1n) is 26.0. The van der Waals surface area contributed by atoms with E-state index in [1.54, 1.807) is 11.1 Å². The van der Waals surface area contributed by atoms with Crippen molar-refractivity contribution in [2.24, 2.45) is 23.7 Å². The molecule has 2 heteroatoms. The van der Waals surface area contributed by atoms with E-state index in [0.29, 0.717) is 11.8 Å². The SMILES string of the molecule is c1ccc(N(c2ccc3c(c2)C2(c4ccccc4Oc4ccccc42)c2ccccc2-3)c2cccc(-c3cccc4ccccc34)c2-c2ccc3c(c2)C2(c4ccccc4-3)C3CC4CC(C3)CC2C4)cc1. The summed E-state index contributed by atoms with van der Waals surface area (Å²) in [5.74, 6) is 4.91. The van der Waals surface area contributed by atoms with Gasteiger partial charge in [0.25, 0.3) is 0 Å². The summed E-state index contributed by atoms with van der Waals surface area (Å²) in [6.07, 6.45) is 6.87. The van der Waals surface area contributed by atoms with Gasteiger partial charge in [-0.25, -0.2) is 0 Å². The number of nitrogens with zero attached hydrogens (tertiary/aromatic N) is 1. The monoisotopic (exact) mass is 909 g/mol. The lowest BCUT2D eigenvalue weighted by molar-refractivity contribution is -0.0399. The lowest BCUT2D eigenvalue weighted by Crippen LogP contribution is -2.55. The Bertz CT molecular complexity index is 3760. The molecule has 10 aromatic rings. The van der Waals surface area contributed by atoms with E-state index in [0.717, 1.165) is 40.4 Å². The molecule has 338 valence electrons. The lowest BCUT2D eigenvalue weighted by Gasteiger charge is -2.61. The number of hydrogen-bond donors (Lipinski definition) is 0. The zero-order valence-corrected chi connectivity index (χ0v) is 39.6. The summed E-state index contributed by atoms with van der Waals surface area (Å²) in [6.45, 7) is 0. The van der Waals surface area contributed by atoms with Crippen molar-refractivity contribution in [1.82, 2.24) is 0 Å². The number of para-hydroxylation sites is 3. The number of fused-ring (bicyclic) bond motifs is 13. The van der Waals surface area contributed by atoms with Gasteiger partial charge in [0.15, 0.2) is 0 Å². The minimum Gasteiger partial charge on any atom is -0.457 e. The smallest absolute Gasteiger partial charge is 0.132 e. The van der Waals surface area contributed by atoms with Gasteiger partial charge in [0, 0.05) is 33.5 Å². The summed E-state index contributed by atoms with van der Waals surface area (Å²) in [5, 5.41) is 2.51. The third-order valence-electron chi connectivity index (χ3n) is 18.3. The van der Waals surface area contributed by atoms with E-state index in [1.807, 2.05) is 0 Å². The van der Waals surface area contributed by atoms with Gasteiger partial charge < -0.3 is 9.64 Å². The highest BCUT2D eigenvalue weighted by molar-refractivity contribution is 6.05. The van der Waals surface area contributed by atoms with Crippen molar-refractivity contribution in [2.45, 2.75) is 42.9 Å². The van der Waals surface area contributed by atoms with Crippen LogP contribution in [0, 0.1) is 23.7 Å². The van der Waals surface area contributed by atoms with Crippen LogP contribution in [-0.2, 0) is 10.8 Å².